The van der Waals surface area contributed by atoms with Crippen LogP contribution < -0.4 is 0 Å². The second kappa shape index (κ2) is 4.90. The van der Waals surface area contributed by atoms with Gasteiger partial charge in [0.15, 0.2) is 0 Å². The quantitative estimate of drug-likeness (QED) is 0.605. The van der Waals surface area contributed by atoms with E-state index in [9.17, 15) is 15.3 Å². The molecule has 0 unspecified atom stereocenters. The number of rotatable bonds is 1. The molecule has 0 radical (unpaired) electrons. The smallest absolute Gasteiger partial charge is 0.110 e. The van der Waals surface area contributed by atoms with Crippen molar-refractivity contribution >= 4 is 27.6 Å². The molecule has 0 saturated heterocycles. The number of fused-ring (bicyclic) bond motifs is 4. The second-order valence-corrected chi connectivity index (χ2v) is 6.77. The Morgan fingerprint density at radius 2 is 1.79 bits per heavy atom. The number of benzene rings is 3. The number of aliphatic hydroxyl groups excluding tert-OH is 3. The van der Waals surface area contributed by atoms with Gasteiger partial charge < -0.3 is 15.3 Å². The number of aryl methyl sites for hydroxylation is 2. The van der Waals surface area contributed by atoms with Crippen LogP contribution in [-0.4, -0.2) is 21.4 Å². The molecule has 0 bridgehead atoms. The molecule has 3 aromatic carbocycles. The third-order valence-corrected chi connectivity index (χ3v) is 5.58. The van der Waals surface area contributed by atoms with Crippen molar-refractivity contribution in [3.8, 4) is 0 Å². The summed E-state index contributed by atoms with van der Waals surface area (Å²) in [6, 6.07) is 10.3. The molecule has 2 aliphatic carbocycles. The topological polar surface area (TPSA) is 60.7 Å². The third-order valence-electron chi connectivity index (χ3n) is 5.58. The molecule has 3 aromatic rings. The van der Waals surface area contributed by atoms with Gasteiger partial charge in [0.25, 0.3) is 0 Å². The minimum atomic E-state index is -0.893. The van der Waals surface area contributed by atoms with Gasteiger partial charge in [0.05, 0.1) is 6.61 Å². The van der Waals surface area contributed by atoms with Gasteiger partial charge in [-0.3, -0.25) is 0 Å². The lowest BCUT2D eigenvalue weighted by molar-refractivity contribution is 0.0480. The van der Waals surface area contributed by atoms with Crippen molar-refractivity contribution in [3.05, 3.63) is 64.2 Å². The van der Waals surface area contributed by atoms with Gasteiger partial charge in [-0.1, -0.05) is 36.4 Å². The van der Waals surface area contributed by atoms with Crippen LogP contribution in [0.1, 0.15) is 33.9 Å². The van der Waals surface area contributed by atoms with Gasteiger partial charge in [-0.15, -0.1) is 0 Å². The fourth-order valence-electron chi connectivity index (χ4n) is 4.44. The summed E-state index contributed by atoms with van der Waals surface area (Å²) in [5, 5.41) is 34.7. The van der Waals surface area contributed by atoms with E-state index < -0.39 is 12.2 Å². The Labute approximate surface area is 139 Å². The van der Waals surface area contributed by atoms with Crippen molar-refractivity contribution in [2.24, 2.45) is 0 Å². The van der Waals surface area contributed by atoms with E-state index in [2.05, 4.69) is 18.2 Å². The van der Waals surface area contributed by atoms with Gasteiger partial charge in [0.1, 0.15) is 12.2 Å². The normalized spacial score (nSPS) is 21.6. The minimum Gasteiger partial charge on any atom is -0.392 e. The molecular weight excluding hydrogens is 300 g/mol. The molecule has 0 spiro atoms. The molecule has 2 aliphatic rings. The SMILES string of the molecule is OCc1ccc2cc3c4c(ccc3c3c2c1CC3)C=C[C@@H](O)[C@@H]4O. The largest absolute Gasteiger partial charge is 0.392 e. The molecule has 0 heterocycles. The highest BCUT2D eigenvalue weighted by molar-refractivity contribution is 6.07. The van der Waals surface area contributed by atoms with Gasteiger partial charge >= 0.3 is 0 Å². The van der Waals surface area contributed by atoms with Crippen molar-refractivity contribution in [1.29, 1.82) is 0 Å². The maximum Gasteiger partial charge on any atom is 0.110 e. The molecule has 3 N–H and O–H groups in total. The lowest BCUT2D eigenvalue weighted by Gasteiger charge is -2.24. The van der Waals surface area contributed by atoms with Crippen LogP contribution in [0.15, 0.2) is 36.4 Å². The molecule has 0 aromatic heterocycles. The van der Waals surface area contributed by atoms with E-state index in [1.807, 2.05) is 18.2 Å². The van der Waals surface area contributed by atoms with E-state index >= 15 is 0 Å². The zero-order valence-corrected chi connectivity index (χ0v) is 13.2. The Balaban J connectivity index is 1.93. The summed E-state index contributed by atoms with van der Waals surface area (Å²) < 4.78 is 0. The Bertz CT molecular complexity index is 1030. The summed E-state index contributed by atoms with van der Waals surface area (Å²) in [5.74, 6) is 0. The predicted octanol–water partition coefficient (Wildman–Crippen LogP) is 3.01. The van der Waals surface area contributed by atoms with Crippen LogP contribution in [-0.2, 0) is 19.4 Å². The van der Waals surface area contributed by atoms with Crippen LogP contribution in [0.2, 0.25) is 0 Å². The zero-order chi connectivity index (χ0) is 16.4. The maximum absolute atomic E-state index is 10.5. The molecule has 3 heteroatoms. The zero-order valence-electron chi connectivity index (χ0n) is 13.2. The minimum absolute atomic E-state index is 0.0721. The molecule has 0 fully saturated rings. The summed E-state index contributed by atoms with van der Waals surface area (Å²) in [6.07, 6.45) is 3.67. The highest BCUT2D eigenvalue weighted by Gasteiger charge is 2.27. The fraction of sp³-hybridized carbons (Fsp3) is 0.238. The summed E-state index contributed by atoms with van der Waals surface area (Å²) in [4.78, 5) is 0. The fourth-order valence-corrected chi connectivity index (χ4v) is 4.44. The van der Waals surface area contributed by atoms with Gasteiger partial charge in [-0.2, -0.15) is 0 Å². The van der Waals surface area contributed by atoms with Gasteiger partial charge in [0.2, 0.25) is 0 Å². The van der Waals surface area contributed by atoms with E-state index in [-0.39, 0.29) is 6.61 Å². The number of hydrogen-bond acceptors (Lipinski definition) is 3. The molecule has 0 saturated carbocycles. The van der Waals surface area contributed by atoms with Crippen molar-refractivity contribution in [3.63, 3.8) is 0 Å². The number of aliphatic hydroxyl groups is 3. The van der Waals surface area contributed by atoms with Crippen molar-refractivity contribution in [1.82, 2.24) is 0 Å². The van der Waals surface area contributed by atoms with E-state index in [0.717, 1.165) is 45.7 Å². The summed E-state index contributed by atoms with van der Waals surface area (Å²) >= 11 is 0. The van der Waals surface area contributed by atoms with Crippen LogP contribution in [0.3, 0.4) is 0 Å². The van der Waals surface area contributed by atoms with E-state index in [4.69, 9.17) is 0 Å². The standard InChI is InChI=1S/C21H18O3/c22-10-13-2-1-12-9-17-15(16-7-6-14(13)19(12)16)5-3-11-4-8-18(23)21(24)20(11)17/h1-5,8-9,18,21-24H,6-7,10H2/t18-,21+/m1/s1. The Morgan fingerprint density at radius 3 is 2.62 bits per heavy atom. The Morgan fingerprint density at radius 1 is 0.958 bits per heavy atom. The molecule has 3 nitrogen and oxygen atoms in total. The van der Waals surface area contributed by atoms with E-state index in [1.165, 1.54) is 16.5 Å². The van der Waals surface area contributed by atoms with Crippen LogP contribution in [0, 0.1) is 0 Å². The molecule has 0 aliphatic heterocycles. The lowest BCUT2D eigenvalue weighted by atomic mass is 9.85. The van der Waals surface area contributed by atoms with E-state index in [1.54, 1.807) is 6.08 Å². The first kappa shape index (κ1) is 14.2. The highest BCUT2D eigenvalue weighted by atomic mass is 16.3. The van der Waals surface area contributed by atoms with Crippen LogP contribution in [0.25, 0.3) is 27.6 Å². The third kappa shape index (κ3) is 1.72. The number of hydrogen-bond donors (Lipinski definition) is 3. The first-order valence-corrected chi connectivity index (χ1v) is 8.37. The molecule has 120 valence electrons. The van der Waals surface area contributed by atoms with E-state index in [0.29, 0.717) is 0 Å². The van der Waals surface area contributed by atoms with Gasteiger partial charge in [-0.05, 0) is 68.3 Å². The summed E-state index contributed by atoms with van der Waals surface area (Å²) in [7, 11) is 0. The molecule has 0 amide bonds. The lowest BCUT2D eigenvalue weighted by Crippen LogP contribution is -2.19. The summed E-state index contributed by atoms with van der Waals surface area (Å²) in [6.45, 7) is 0.0721. The second-order valence-electron chi connectivity index (χ2n) is 6.77. The first-order chi connectivity index (χ1) is 11.7. The molecule has 2 atom stereocenters. The van der Waals surface area contributed by atoms with Crippen LogP contribution in [0.5, 0.6) is 0 Å². The predicted molar refractivity (Wildman–Crippen MR) is 94.8 cm³/mol. The monoisotopic (exact) mass is 318 g/mol. The van der Waals surface area contributed by atoms with Crippen LogP contribution in [0.4, 0.5) is 0 Å². The molecular formula is C21H18O3. The molecule has 24 heavy (non-hydrogen) atoms. The Kier molecular flexibility index (Phi) is 2.89. The average molecular weight is 318 g/mol. The van der Waals surface area contributed by atoms with Crippen molar-refractivity contribution in [2.75, 3.05) is 0 Å². The summed E-state index contributed by atoms with van der Waals surface area (Å²) in [5.41, 5.74) is 5.35. The van der Waals surface area contributed by atoms with Gasteiger partial charge in [0, 0.05) is 0 Å². The maximum atomic E-state index is 10.5. The first-order valence-electron chi connectivity index (χ1n) is 8.37. The highest BCUT2D eigenvalue weighted by Crippen LogP contribution is 2.42. The Hall–Kier alpha value is -2.20. The van der Waals surface area contributed by atoms with Crippen molar-refractivity contribution < 1.29 is 15.3 Å². The molecule has 5 rings (SSSR count). The van der Waals surface area contributed by atoms with Crippen molar-refractivity contribution in [2.45, 2.75) is 31.7 Å². The average Bonchev–Trinajstić information content (AvgIpc) is 3.05. The van der Waals surface area contributed by atoms with Crippen LogP contribution >= 0.6 is 0 Å². The van der Waals surface area contributed by atoms with Gasteiger partial charge in [-0.25, -0.2) is 0 Å².